The predicted octanol–water partition coefficient (Wildman–Crippen LogP) is 6.65. The number of azo groups is 1. The van der Waals surface area contributed by atoms with E-state index in [0.29, 0.717) is 0 Å². The molecule has 0 spiro atoms. The van der Waals surface area contributed by atoms with E-state index < -0.39 is 83.0 Å². The molecule has 5 bridgehead atoms. The number of guanidine groups is 1. The van der Waals surface area contributed by atoms with Crippen molar-refractivity contribution in [1.82, 2.24) is 0 Å². The molecule has 16 nitrogen and oxygen atoms in total. The molecule has 0 radical (unpaired) electrons. The number of nitrogens with one attached hydrogen (secondary N) is 1. The maximum Gasteiger partial charge on any atom is 0.312 e. The number of carbonyl (C=O) groups excluding carboxylic acids is 3. The first-order chi connectivity index (χ1) is 28.8. The van der Waals surface area contributed by atoms with Crippen molar-refractivity contribution in [2.45, 2.75) is 92.1 Å². The van der Waals surface area contributed by atoms with Crippen LogP contribution in [0.25, 0.3) is 10.8 Å². The highest BCUT2D eigenvalue weighted by atomic mass is 16.7. The van der Waals surface area contributed by atoms with Gasteiger partial charge in [0.2, 0.25) is 5.96 Å². The van der Waals surface area contributed by atoms with Crippen LogP contribution in [0.5, 0.6) is 17.2 Å². The van der Waals surface area contributed by atoms with E-state index in [4.69, 9.17) is 24.7 Å². The lowest BCUT2D eigenvalue weighted by atomic mass is 9.78. The number of aliphatic hydroxyl groups is 2. The lowest BCUT2D eigenvalue weighted by molar-refractivity contribution is -0.160. The van der Waals surface area contributed by atoms with Crippen LogP contribution in [0.2, 0.25) is 0 Å². The Labute approximate surface area is 354 Å². The lowest BCUT2D eigenvalue weighted by Gasteiger charge is -2.38. The Bertz CT molecular complexity index is 2310. The molecule has 61 heavy (non-hydrogen) atoms. The fourth-order valence-corrected chi connectivity index (χ4v) is 7.62. The topological polar surface area (TPSA) is 244 Å². The number of hydrogen-bond acceptors (Lipinski definition) is 13. The minimum Gasteiger partial charge on any atom is -0.507 e. The molecule has 0 aromatic heterocycles. The van der Waals surface area contributed by atoms with Crippen molar-refractivity contribution in [2.24, 2.45) is 44.6 Å². The van der Waals surface area contributed by atoms with Gasteiger partial charge in [-0.25, -0.2) is 4.99 Å². The molecule has 7 N–H and O–H groups in total. The van der Waals surface area contributed by atoms with Gasteiger partial charge in [-0.1, -0.05) is 76.3 Å². The van der Waals surface area contributed by atoms with Gasteiger partial charge in [0.15, 0.2) is 5.75 Å². The number of nitrogens with two attached hydrogens (primary N) is 1. The summed E-state index contributed by atoms with van der Waals surface area (Å²) in [5.41, 5.74) is 6.92. The number of aliphatic imine (C=N–C) groups is 1. The summed E-state index contributed by atoms with van der Waals surface area (Å²) in [6.45, 7) is 12.8. The molecule has 6 rings (SSSR count). The third-order valence-electron chi connectivity index (χ3n) is 11.4. The van der Waals surface area contributed by atoms with Crippen LogP contribution < -0.4 is 15.8 Å². The molecule has 9 atom stereocenters. The number of fused-ring (bicyclic) bond motifs is 14. The Morgan fingerprint density at radius 2 is 1.66 bits per heavy atom. The molecule has 1 amide bonds. The Hall–Kier alpha value is -6.10. The quantitative estimate of drug-likeness (QED) is 0.0520. The van der Waals surface area contributed by atoms with E-state index in [1.165, 1.54) is 59.3 Å². The van der Waals surface area contributed by atoms with E-state index >= 15 is 0 Å². The van der Waals surface area contributed by atoms with E-state index in [9.17, 15) is 34.8 Å². The molecule has 0 aliphatic carbocycles. The molecule has 0 saturated heterocycles. The summed E-state index contributed by atoms with van der Waals surface area (Å²) in [4.78, 5) is 44.7. The number of phenolic OH excluding ortho intramolecular Hbond substituents is 2. The molecule has 3 aliphatic heterocycles. The van der Waals surface area contributed by atoms with Gasteiger partial charge in [0.25, 0.3) is 11.7 Å². The number of phenols is 2. The first-order valence-corrected chi connectivity index (χ1v) is 19.9. The summed E-state index contributed by atoms with van der Waals surface area (Å²) in [7, 11) is 1.44. The normalized spacial score (nSPS) is 29.8. The average molecular weight is 842 g/mol. The van der Waals surface area contributed by atoms with Gasteiger partial charge in [0.05, 0.1) is 53.4 Å². The number of allylic oxidation sites excluding steroid dienone is 2. The number of nitrogens with zero attached hydrogens (tertiary/aromatic N) is 3. The van der Waals surface area contributed by atoms with Crippen molar-refractivity contribution in [3.8, 4) is 17.2 Å². The first-order valence-electron chi connectivity index (χ1n) is 19.9. The summed E-state index contributed by atoms with van der Waals surface area (Å²) in [6.07, 6.45) is 3.61. The van der Waals surface area contributed by atoms with Crippen LogP contribution in [-0.4, -0.2) is 81.4 Å². The Kier molecular flexibility index (Phi) is 14.4. The molecule has 0 saturated carbocycles. The maximum absolute atomic E-state index is 14.5. The van der Waals surface area contributed by atoms with Crippen LogP contribution in [-0.2, 0) is 30.3 Å². The van der Waals surface area contributed by atoms with Crippen molar-refractivity contribution in [2.75, 3.05) is 12.4 Å². The number of benzene rings is 3. The number of aromatic hydroxyl groups is 2. The monoisotopic (exact) mass is 841 g/mol. The van der Waals surface area contributed by atoms with Gasteiger partial charge >= 0.3 is 11.8 Å². The van der Waals surface area contributed by atoms with E-state index in [1.807, 2.05) is 30.3 Å². The second-order valence-corrected chi connectivity index (χ2v) is 15.8. The van der Waals surface area contributed by atoms with Crippen LogP contribution in [0, 0.1) is 30.6 Å². The van der Waals surface area contributed by atoms with Crippen LogP contribution >= 0.6 is 0 Å². The van der Waals surface area contributed by atoms with Crippen molar-refractivity contribution in [1.29, 1.82) is 0 Å². The predicted molar refractivity (Wildman–Crippen MR) is 228 cm³/mol. The molecule has 3 aromatic carbocycles. The van der Waals surface area contributed by atoms with Crippen LogP contribution in [0.1, 0.15) is 70.0 Å². The summed E-state index contributed by atoms with van der Waals surface area (Å²) in [5.74, 6) is -7.75. The smallest absolute Gasteiger partial charge is 0.312 e. The molecule has 3 aromatic rings. The Morgan fingerprint density at radius 1 is 0.967 bits per heavy atom. The zero-order valence-corrected chi connectivity index (χ0v) is 35.7. The standard InChI is InChI=1S/C45H55N5O11/c1-22-14-13-15-23(2)43(57)48-31-20-30(49-50-44(46)47-21-29-16-11-10-12-17-29)33-34(39(31)55)38(54)27(6)41-35(33)42(56)45(8,61-41)59-19-18-32(58-9)24(3)40(60-28(7)51)26(5)37(53)25(4)36(22)52/h10-20,22,24-26,32,36-37,40,52-55H,21H2,1-9H3,(H2,46,47)(H,48,57)/b14-13+,19-18+,23-15-,50-49?/t22-,24-,25+,26-,32-,36-,37+,40+,45-/m0/s1. The fourth-order valence-electron chi connectivity index (χ4n) is 7.62. The SMILES string of the molecule is CO[C@H]1/C=C/O[C@@]2(C)Oc3c(C)c(O)c4c(O)c(cc(N=NC(N)=NCc5ccccc5)c4c3C2=O)NC(=O)/C(C)=C\C=C\[C@H](C)[C@H](O)[C@@H](C)[C@@H](O)[C@H](C)[C@H](OC(C)=O)[C@H]1C. The highest BCUT2D eigenvalue weighted by Crippen LogP contribution is 2.54. The minimum absolute atomic E-state index is 0.0553. The van der Waals surface area contributed by atoms with Gasteiger partial charge in [-0.3, -0.25) is 14.4 Å². The summed E-state index contributed by atoms with van der Waals surface area (Å²) < 4.78 is 23.7. The van der Waals surface area contributed by atoms with E-state index in [-0.39, 0.29) is 57.1 Å². The largest absolute Gasteiger partial charge is 0.507 e. The molecule has 0 unspecified atom stereocenters. The number of ketones is 1. The second-order valence-electron chi connectivity index (χ2n) is 15.8. The second kappa shape index (κ2) is 19.1. The molecular weight excluding hydrogens is 787 g/mol. The first kappa shape index (κ1) is 46.0. The van der Waals surface area contributed by atoms with Gasteiger partial charge in [-0.2, -0.15) is 0 Å². The lowest BCUT2D eigenvalue weighted by Crippen LogP contribution is -2.46. The Morgan fingerprint density at radius 3 is 2.31 bits per heavy atom. The van der Waals surface area contributed by atoms with Gasteiger partial charge in [0, 0.05) is 61.2 Å². The van der Waals surface area contributed by atoms with Gasteiger partial charge in [0.1, 0.15) is 17.6 Å². The number of rotatable bonds is 5. The zero-order valence-electron chi connectivity index (χ0n) is 35.7. The van der Waals surface area contributed by atoms with E-state index in [2.05, 4.69) is 20.5 Å². The number of esters is 1. The Balaban J connectivity index is 1.68. The van der Waals surface area contributed by atoms with Gasteiger partial charge < -0.3 is 50.4 Å². The zero-order chi connectivity index (χ0) is 44.9. The molecule has 0 fully saturated rings. The summed E-state index contributed by atoms with van der Waals surface area (Å²) >= 11 is 0. The highest BCUT2D eigenvalue weighted by Gasteiger charge is 2.49. The van der Waals surface area contributed by atoms with Crippen LogP contribution in [0.4, 0.5) is 11.4 Å². The van der Waals surface area contributed by atoms with Crippen molar-refractivity contribution in [3.63, 3.8) is 0 Å². The minimum atomic E-state index is -2.02. The number of Topliss-reactive ketones (excluding diaryl/α,β-unsaturated/α-hetero) is 1. The van der Waals surface area contributed by atoms with Crippen LogP contribution in [0.3, 0.4) is 0 Å². The van der Waals surface area contributed by atoms with Gasteiger partial charge in [-0.15, -0.1) is 10.2 Å². The number of carbonyl (C=O) groups is 3. The third-order valence-corrected chi connectivity index (χ3v) is 11.4. The number of amides is 1. The van der Waals surface area contributed by atoms with Crippen molar-refractivity contribution < 1.29 is 53.8 Å². The molecule has 326 valence electrons. The van der Waals surface area contributed by atoms with Crippen molar-refractivity contribution in [3.05, 3.63) is 89.2 Å². The number of hydrogen-bond donors (Lipinski definition) is 6. The molecule has 3 aliphatic rings. The van der Waals surface area contributed by atoms with Crippen molar-refractivity contribution >= 4 is 45.8 Å². The van der Waals surface area contributed by atoms with Crippen LogP contribution in [0.15, 0.2) is 87.8 Å². The number of ether oxygens (including phenoxy) is 4. The number of aliphatic hydroxyl groups excluding tert-OH is 2. The fraction of sp³-hybridized carbons (Fsp3) is 0.422. The number of anilines is 1. The van der Waals surface area contributed by atoms with E-state index in [0.717, 1.165) is 5.56 Å². The van der Waals surface area contributed by atoms with Gasteiger partial charge in [-0.05, 0) is 31.6 Å². The maximum atomic E-state index is 14.5. The average Bonchev–Trinajstić information content (AvgIpc) is 3.50. The summed E-state index contributed by atoms with van der Waals surface area (Å²) in [5, 5.41) is 57.0. The number of methoxy groups -OCH3 is 1. The molecular formula is C45H55N5O11. The third kappa shape index (κ3) is 9.77. The van der Waals surface area contributed by atoms with E-state index in [1.54, 1.807) is 39.8 Å². The highest BCUT2D eigenvalue weighted by molar-refractivity contribution is 6.22. The molecule has 16 heteroatoms. The summed E-state index contributed by atoms with van der Waals surface area (Å²) in [6, 6.07) is 10.6. The molecule has 3 heterocycles.